The number of anilines is 1. The Hall–Kier alpha value is -1.51. The number of likely N-dealkylation sites (tertiary alicyclic amines) is 1. The van der Waals surface area contributed by atoms with Gasteiger partial charge in [-0.25, -0.2) is 0 Å². The fourth-order valence-corrected chi connectivity index (χ4v) is 3.42. The third-order valence-electron chi connectivity index (χ3n) is 5.09. The fourth-order valence-electron chi connectivity index (χ4n) is 3.42. The molecule has 0 bridgehead atoms. The molecule has 1 aromatic rings. The molecule has 1 amide bonds. The summed E-state index contributed by atoms with van der Waals surface area (Å²) in [5.41, 5.74) is 2.32. The van der Waals surface area contributed by atoms with E-state index in [0.29, 0.717) is 13.1 Å². The van der Waals surface area contributed by atoms with E-state index in [-0.39, 0.29) is 29.9 Å². The monoisotopic (exact) mass is 471 g/mol. The Bertz CT molecular complexity index is 611. The van der Waals surface area contributed by atoms with E-state index in [1.54, 1.807) is 0 Å². The maximum absolute atomic E-state index is 11.5. The lowest BCUT2D eigenvalue weighted by atomic mass is 9.99. The number of amides is 1. The van der Waals surface area contributed by atoms with Crippen LogP contribution >= 0.6 is 24.0 Å². The molecule has 0 radical (unpaired) electrons. The summed E-state index contributed by atoms with van der Waals surface area (Å²) in [5.74, 6) is 1.90. The van der Waals surface area contributed by atoms with Crippen LogP contribution in [0.15, 0.2) is 29.3 Å². The summed E-state index contributed by atoms with van der Waals surface area (Å²) < 4.78 is 0. The van der Waals surface area contributed by atoms with Crippen molar-refractivity contribution < 1.29 is 4.79 Å². The van der Waals surface area contributed by atoms with Crippen molar-refractivity contribution in [2.24, 2.45) is 10.9 Å². The number of carbonyl (C=O) groups excluding carboxylic acids is 1. The number of benzene rings is 1. The number of guanidine groups is 1. The lowest BCUT2D eigenvalue weighted by Gasteiger charge is -2.33. The van der Waals surface area contributed by atoms with Crippen LogP contribution in [0.5, 0.6) is 0 Å². The van der Waals surface area contributed by atoms with Crippen LogP contribution in [0.2, 0.25) is 0 Å². The van der Waals surface area contributed by atoms with Crippen LogP contribution < -0.4 is 15.5 Å². The van der Waals surface area contributed by atoms with Gasteiger partial charge in [-0.2, -0.15) is 0 Å². The Morgan fingerprint density at radius 1 is 1.23 bits per heavy atom. The van der Waals surface area contributed by atoms with E-state index in [0.717, 1.165) is 43.7 Å². The first kappa shape index (κ1) is 20.8. The molecule has 6 nitrogen and oxygen atoms in total. The van der Waals surface area contributed by atoms with Crippen LogP contribution in [0.4, 0.5) is 5.69 Å². The van der Waals surface area contributed by atoms with Gasteiger partial charge in [-0.3, -0.25) is 9.79 Å². The van der Waals surface area contributed by atoms with Crippen LogP contribution in [-0.4, -0.2) is 56.5 Å². The third-order valence-corrected chi connectivity index (χ3v) is 5.09. The summed E-state index contributed by atoms with van der Waals surface area (Å²) in [4.78, 5) is 20.4. The zero-order valence-corrected chi connectivity index (χ0v) is 18.0. The first-order chi connectivity index (χ1) is 12.2. The molecule has 2 fully saturated rings. The van der Waals surface area contributed by atoms with Crippen LogP contribution in [0.3, 0.4) is 0 Å². The number of hydrogen-bond acceptors (Lipinski definition) is 3. The van der Waals surface area contributed by atoms with Crippen molar-refractivity contribution in [1.82, 2.24) is 15.5 Å². The van der Waals surface area contributed by atoms with Gasteiger partial charge in [0.1, 0.15) is 0 Å². The lowest BCUT2D eigenvalue weighted by molar-refractivity contribution is -0.120. The molecule has 7 heteroatoms. The molecule has 0 saturated carbocycles. The molecule has 2 aliphatic rings. The Morgan fingerprint density at radius 3 is 2.54 bits per heavy atom. The summed E-state index contributed by atoms with van der Waals surface area (Å²) >= 11 is 0. The number of halogens is 1. The zero-order valence-electron chi connectivity index (χ0n) is 15.7. The predicted molar refractivity (Wildman–Crippen MR) is 117 cm³/mol. The van der Waals surface area contributed by atoms with E-state index in [4.69, 9.17) is 0 Å². The van der Waals surface area contributed by atoms with Crippen molar-refractivity contribution in [3.8, 4) is 0 Å². The van der Waals surface area contributed by atoms with E-state index in [9.17, 15) is 4.79 Å². The molecule has 0 atom stereocenters. The smallest absolute Gasteiger partial charge is 0.239 e. The number of hydrogen-bond donors (Lipinski definition) is 2. The number of piperazine rings is 1. The van der Waals surface area contributed by atoms with Gasteiger partial charge in [0.2, 0.25) is 5.91 Å². The van der Waals surface area contributed by atoms with Gasteiger partial charge in [-0.05, 0) is 36.5 Å². The van der Waals surface area contributed by atoms with Crippen molar-refractivity contribution in [2.45, 2.75) is 26.3 Å². The van der Waals surface area contributed by atoms with Crippen molar-refractivity contribution >= 4 is 41.5 Å². The second-order valence-corrected chi connectivity index (χ2v) is 7.01. The van der Waals surface area contributed by atoms with Gasteiger partial charge in [0.15, 0.2) is 5.96 Å². The lowest BCUT2D eigenvalue weighted by Crippen LogP contribution is -2.47. The molecule has 0 aliphatic carbocycles. The second-order valence-electron chi connectivity index (χ2n) is 7.01. The highest BCUT2D eigenvalue weighted by Crippen LogP contribution is 2.17. The van der Waals surface area contributed by atoms with E-state index in [1.807, 2.05) is 7.05 Å². The summed E-state index contributed by atoms with van der Waals surface area (Å²) in [6, 6.07) is 8.45. The van der Waals surface area contributed by atoms with Gasteiger partial charge in [0, 0.05) is 45.5 Å². The number of piperidine rings is 1. The molecule has 144 valence electrons. The number of rotatable bonds is 3. The van der Waals surface area contributed by atoms with Gasteiger partial charge in [0.05, 0.1) is 6.54 Å². The number of carbonyl (C=O) groups is 1. The Labute approximate surface area is 173 Å². The summed E-state index contributed by atoms with van der Waals surface area (Å²) in [7, 11) is 1.85. The first-order valence-electron chi connectivity index (χ1n) is 9.22. The minimum Gasteiger partial charge on any atom is -0.360 e. The SMILES string of the molecule is CN=C(NCc1ccc(N2CCNC(=O)C2)cc1)N1CCC(C)CC1.I. The van der Waals surface area contributed by atoms with Crippen LogP contribution in [-0.2, 0) is 11.3 Å². The maximum atomic E-state index is 11.5. The van der Waals surface area contributed by atoms with E-state index < -0.39 is 0 Å². The first-order valence-corrected chi connectivity index (χ1v) is 9.22. The van der Waals surface area contributed by atoms with Crippen molar-refractivity contribution in [3.63, 3.8) is 0 Å². The standard InChI is InChI=1S/C19H29N5O.HI/c1-15-7-10-23(11-8-15)19(20-2)22-13-16-3-5-17(6-4-16)24-12-9-21-18(25)14-24;/h3-6,15H,7-14H2,1-2H3,(H,20,22)(H,21,25);1H. The molecule has 2 N–H and O–H groups in total. The van der Waals surface area contributed by atoms with Crippen LogP contribution in [0, 0.1) is 5.92 Å². The largest absolute Gasteiger partial charge is 0.360 e. The topological polar surface area (TPSA) is 60.0 Å². The molecule has 2 saturated heterocycles. The summed E-state index contributed by atoms with van der Waals surface area (Å²) in [6.07, 6.45) is 2.47. The van der Waals surface area contributed by atoms with E-state index in [1.165, 1.54) is 18.4 Å². The van der Waals surface area contributed by atoms with Crippen molar-refractivity contribution in [2.75, 3.05) is 44.7 Å². The third kappa shape index (κ3) is 5.49. The highest BCUT2D eigenvalue weighted by Gasteiger charge is 2.19. The predicted octanol–water partition coefficient (Wildman–Crippen LogP) is 2.05. The van der Waals surface area contributed by atoms with Gasteiger partial charge in [-0.1, -0.05) is 19.1 Å². The number of nitrogens with zero attached hydrogens (tertiary/aromatic N) is 3. The fraction of sp³-hybridized carbons (Fsp3) is 0.579. The van der Waals surface area contributed by atoms with Gasteiger partial charge >= 0.3 is 0 Å². The van der Waals surface area contributed by atoms with Crippen molar-refractivity contribution in [1.29, 1.82) is 0 Å². The maximum Gasteiger partial charge on any atom is 0.239 e. The quantitative estimate of drug-likeness (QED) is 0.403. The average molecular weight is 471 g/mol. The Morgan fingerprint density at radius 2 is 1.92 bits per heavy atom. The minimum absolute atomic E-state index is 0. The molecular weight excluding hydrogens is 441 g/mol. The highest BCUT2D eigenvalue weighted by atomic mass is 127. The van der Waals surface area contributed by atoms with E-state index >= 15 is 0 Å². The highest BCUT2D eigenvalue weighted by molar-refractivity contribution is 14.0. The van der Waals surface area contributed by atoms with Gasteiger partial charge in [-0.15, -0.1) is 24.0 Å². The molecular formula is C19H30IN5O. The Balaban J connectivity index is 0.00000243. The number of aliphatic imine (C=N–C) groups is 1. The molecule has 0 spiro atoms. The molecule has 1 aromatic carbocycles. The van der Waals surface area contributed by atoms with Crippen LogP contribution in [0.25, 0.3) is 0 Å². The molecule has 2 aliphatic heterocycles. The molecule has 3 rings (SSSR count). The molecule has 0 aromatic heterocycles. The number of nitrogens with one attached hydrogen (secondary N) is 2. The van der Waals surface area contributed by atoms with Gasteiger partial charge in [0.25, 0.3) is 0 Å². The van der Waals surface area contributed by atoms with E-state index in [2.05, 4.69) is 56.6 Å². The normalized spacial score (nSPS) is 19.0. The average Bonchev–Trinajstić information content (AvgIpc) is 2.64. The van der Waals surface area contributed by atoms with Crippen LogP contribution in [0.1, 0.15) is 25.3 Å². The molecule has 26 heavy (non-hydrogen) atoms. The Kier molecular flexibility index (Phi) is 7.99. The van der Waals surface area contributed by atoms with Crippen molar-refractivity contribution in [3.05, 3.63) is 29.8 Å². The second kappa shape index (κ2) is 9.99. The van der Waals surface area contributed by atoms with Gasteiger partial charge < -0.3 is 20.4 Å². The summed E-state index contributed by atoms with van der Waals surface area (Å²) in [6.45, 7) is 7.27. The zero-order chi connectivity index (χ0) is 17.6. The molecule has 2 heterocycles. The summed E-state index contributed by atoms with van der Waals surface area (Å²) in [5, 5.41) is 6.33. The minimum atomic E-state index is 0. The molecule has 0 unspecified atom stereocenters.